The molecule has 3 saturated heterocycles. The first-order chi connectivity index (χ1) is 14.1. The van der Waals surface area contributed by atoms with Gasteiger partial charge in [-0.3, -0.25) is 19.8 Å². The Morgan fingerprint density at radius 1 is 1.07 bits per heavy atom. The van der Waals surface area contributed by atoms with Gasteiger partial charge in [-0.2, -0.15) is 0 Å². The zero-order chi connectivity index (χ0) is 20.2. The molecule has 3 fully saturated rings. The molecule has 3 N–H and O–H groups in total. The molecule has 0 radical (unpaired) electrons. The molecule has 0 unspecified atom stereocenters. The first-order valence-corrected chi connectivity index (χ1v) is 10.7. The average Bonchev–Trinajstić information content (AvgIpc) is 2.72. The molecule has 29 heavy (non-hydrogen) atoms. The number of piperidine rings is 2. The van der Waals surface area contributed by atoms with Crippen LogP contribution in [-0.2, 0) is 9.59 Å². The third kappa shape index (κ3) is 5.05. The highest BCUT2D eigenvalue weighted by atomic mass is 19.1. The summed E-state index contributed by atoms with van der Waals surface area (Å²) in [5.41, 5.74) is 1.17. The van der Waals surface area contributed by atoms with Gasteiger partial charge < -0.3 is 15.5 Å². The quantitative estimate of drug-likeness (QED) is 0.641. The molecular weight excluding hydrogens is 373 g/mol. The number of benzene rings is 1. The van der Waals surface area contributed by atoms with Crippen LogP contribution in [0.3, 0.4) is 0 Å². The van der Waals surface area contributed by atoms with Crippen LogP contribution in [0.15, 0.2) is 18.2 Å². The number of hydrogen-bond donors (Lipinski definition) is 3. The van der Waals surface area contributed by atoms with Gasteiger partial charge in [0.25, 0.3) is 0 Å². The fourth-order valence-corrected chi connectivity index (χ4v) is 4.49. The number of rotatable bonds is 5. The lowest BCUT2D eigenvalue weighted by Crippen LogP contribution is -2.49. The number of halogens is 1. The van der Waals surface area contributed by atoms with Crippen LogP contribution in [0, 0.1) is 11.7 Å². The molecule has 1 atom stereocenters. The molecule has 1 aromatic rings. The standard InChI is InChI=1S/C21H30FN5O2/c22-17-13-16(24-18-2-4-20(28)25-21(18)29)1-3-19(17)27-11-9-26(10-12-27)14-15-5-7-23-8-6-15/h1,3,13,15,18,23-24H,2,4-12,14H2,(H,25,28,29)/t18-/m1/s1. The minimum Gasteiger partial charge on any atom is -0.374 e. The lowest BCUT2D eigenvalue weighted by atomic mass is 9.97. The minimum atomic E-state index is -0.503. The Morgan fingerprint density at radius 2 is 1.83 bits per heavy atom. The molecule has 2 amide bonds. The maximum Gasteiger partial charge on any atom is 0.249 e. The first-order valence-electron chi connectivity index (χ1n) is 10.7. The number of carbonyl (C=O) groups is 2. The largest absolute Gasteiger partial charge is 0.374 e. The van der Waals surface area contributed by atoms with E-state index in [0.717, 1.165) is 51.7 Å². The van der Waals surface area contributed by atoms with E-state index in [1.165, 1.54) is 18.9 Å². The summed E-state index contributed by atoms with van der Waals surface area (Å²) >= 11 is 0. The Labute approximate surface area is 171 Å². The summed E-state index contributed by atoms with van der Waals surface area (Å²) in [7, 11) is 0. The van der Waals surface area contributed by atoms with Gasteiger partial charge in [-0.25, -0.2) is 4.39 Å². The summed E-state index contributed by atoms with van der Waals surface area (Å²) in [6.45, 7) is 6.94. The van der Waals surface area contributed by atoms with E-state index in [4.69, 9.17) is 0 Å². The van der Waals surface area contributed by atoms with E-state index in [1.54, 1.807) is 6.07 Å². The predicted octanol–water partition coefficient (Wildman–Crippen LogP) is 1.16. The summed E-state index contributed by atoms with van der Waals surface area (Å²) < 4.78 is 14.8. The number of piperazine rings is 1. The Morgan fingerprint density at radius 3 is 2.52 bits per heavy atom. The van der Waals surface area contributed by atoms with Crippen molar-refractivity contribution in [3.05, 3.63) is 24.0 Å². The Hall–Kier alpha value is -2.19. The monoisotopic (exact) mass is 403 g/mol. The summed E-state index contributed by atoms with van der Waals surface area (Å²) in [5, 5.41) is 8.76. The van der Waals surface area contributed by atoms with Crippen molar-refractivity contribution in [2.24, 2.45) is 5.92 Å². The molecular formula is C21H30FN5O2. The van der Waals surface area contributed by atoms with Gasteiger partial charge >= 0.3 is 0 Å². The lowest BCUT2D eigenvalue weighted by molar-refractivity contribution is -0.133. The van der Waals surface area contributed by atoms with Crippen LogP contribution >= 0.6 is 0 Å². The van der Waals surface area contributed by atoms with Crippen molar-refractivity contribution >= 4 is 23.2 Å². The van der Waals surface area contributed by atoms with Crippen molar-refractivity contribution in [3.63, 3.8) is 0 Å². The molecule has 4 rings (SSSR count). The Kier molecular flexibility index (Phi) is 6.30. The van der Waals surface area contributed by atoms with Gasteiger partial charge in [0.2, 0.25) is 11.8 Å². The van der Waals surface area contributed by atoms with Gasteiger partial charge in [-0.05, 0) is 56.5 Å². The van der Waals surface area contributed by atoms with Gasteiger partial charge in [0.05, 0.1) is 5.69 Å². The van der Waals surface area contributed by atoms with Crippen molar-refractivity contribution in [1.29, 1.82) is 0 Å². The molecule has 3 aliphatic rings. The van der Waals surface area contributed by atoms with Gasteiger partial charge in [0, 0.05) is 44.8 Å². The van der Waals surface area contributed by atoms with E-state index < -0.39 is 6.04 Å². The van der Waals surface area contributed by atoms with Crippen LogP contribution < -0.4 is 20.9 Å². The molecule has 158 valence electrons. The molecule has 3 aliphatic heterocycles. The summed E-state index contributed by atoms with van der Waals surface area (Å²) in [6.07, 6.45) is 3.21. The fourth-order valence-electron chi connectivity index (χ4n) is 4.49. The average molecular weight is 404 g/mol. The third-order valence-electron chi connectivity index (χ3n) is 6.22. The van der Waals surface area contributed by atoms with Crippen LogP contribution in [0.1, 0.15) is 25.7 Å². The number of imide groups is 1. The van der Waals surface area contributed by atoms with Gasteiger partial charge in [0.15, 0.2) is 0 Å². The van der Waals surface area contributed by atoms with Crippen LogP contribution in [0.5, 0.6) is 0 Å². The second kappa shape index (κ2) is 9.09. The number of hydrogen-bond acceptors (Lipinski definition) is 6. The van der Waals surface area contributed by atoms with Crippen LogP contribution in [0.25, 0.3) is 0 Å². The van der Waals surface area contributed by atoms with E-state index in [0.29, 0.717) is 24.2 Å². The molecule has 0 saturated carbocycles. The smallest absolute Gasteiger partial charge is 0.249 e. The van der Waals surface area contributed by atoms with E-state index >= 15 is 0 Å². The molecule has 8 heteroatoms. The minimum absolute atomic E-state index is 0.256. The van der Waals surface area contributed by atoms with Crippen molar-refractivity contribution < 1.29 is 14.0 Å². The van der Waals surface area contributed by atoms with Gasteiger partial charge in [0.1, 0.15) is 11.9 Å². The maximum atomic E-state index is 14.8. The van der Waals surface area contributed by atoms with Crippen molar-refractivity contribution in [1.82, 2.24) is 15.5 Å². The van der Waals surface area contributed by atoms with E-state index in [9.17, 15) is 14.0 Å². The molecule has 0 spiro atoms. The van der Waals surface area contributed by atoms with Crippen LogP contribution in [0.4, 0.5) is 15.8 Å². The molecule has 0 aliphatic carbocycles. The summed E-state index contributed by atoms with van der Waals surface area (Å²) in [4.78, 5) is 27.7. The van der Waals surface area contributed by atoms with Crippen molar-refractivity contribution in [3.8, 4) is 0 Å². The van der Waals surface area contributed by atoms with Crippen molar-refractivity contribution in [2.45, 2.75) is 31.7 Å². The maximum absolute atomic E-state index is 14.8. The molecule has 0 bridgehead atoms. The highest BCUT2D eigenvalue weighted by Crippen LogP contribution is 2.25. The van der Waals surface area contributed by atoms with E-state index in [1.807, 2.05) is 6.07 Å². The molecule has 3 heterocycles. The van der Waals surface area contributed by atoms with Crippen LogP contribution in [0.2, 0.25) is 0 Å². The number of amides is 2. The highest BCUT2D eigenvalue weighted by Gasteiger charge is 2.27. The predicted molar refractivity (Wildman–Crippen MR) is 110 cm³/mol. The SMILES string of the molecule is O=C1CC[C@@H](Nc2ccc(N3CCN(CC4CCNCC4)CC3)c(F)c2)C(=O)N1. The number of anilines is 2. The van der Waals surface area contributed by atoms with Crippen molar-refractivity contribution in [2.75, 3.05) is 56.0 Å². The molecule has 0 aromatic heterocycles. The molecule has 7 nitrogen and oxygen atoms in total. The van der Waals surface area contributed by atoms with Gasteiger partial charge in [-0.1, -0.05) is 0 Å². The highest BCUT2D eigenvalue weighted by molar-refractivity contribution is 6.01. The topological polar surface area (TPSA) is 76.7 Å². The van der Waals surface area contributed by atoms with Gasteiger partial charge in [-0.15, -0.1) is 0 Å². The zero-order valence-electron chi connectivity index (χ0n) is 16.8. The second-order valence-electron chi connectivity index (χ2n) is 8.30. The third-order valence-corrected chi connectivity index (χ3v) is 6.22. The first kappa shape index (κ1) is 20.1. The Bertz CT molecular complexity index is 745. The van der Waals surface area contributed by atoms with Crippen LogP contribution in [-0.4, -0.2) is 68.6 Å². The van der Waals surface area contributed by atoms with E-state index in [-0.39, 0.29) is 17.6 Å². The number of carbonyl (C=O) groups excluding carboxylic acids is 2. The summed E-state index contributed by atoms with van der Waals surface area (Å²) in [5.74, 6) is -0.115. The number of nitrogens with zero attached hydrogens (tertiary/aromatic N) is 2. The Balaban J connectivity index is 1.30. The normalized spacial score (nSPS) is 24.4. The van der Waals surface area contributed by atoms with E-state index in [2.05, 4.69) is 25.8 Å². The molecule has 1 aromatic carbocycles. The fraction of sp³-hybridized carbons (Fsp3) is 0.619. The number of nitrogens with one attached hydrogen (secondary N) is 3. The zero-order valence-corrected chi connectivity index (χ0v) is 16.8. The lowest BCUT2D eigenvalue weighted by Gasteiger charge is -2.38. The second-order valence-corrected chi connectivity index (χ2v) is 8.30. The summed E-state index contributed by atoms with van der Waals surface area (Å²) in [6, 6.07) is 4.53.